The Hall–Kier alpha value is -0.450. The third kappa shape index (κ3) is 3.89. The number of halogens is 2. The first-order chi connectivity index (χ1) is 7.17. The van der Waals surface area contributed by atoms with Gasteiger partial charge in [0.05, 0.1) is 6.61 Å². The first-order valence-corrected chi connectivity index (χ1v) is 5.56. The first kappa shape index (κ1) is 12.6. The predicted molar refractivity (Wildman–Crippen MR) is 62.5 cm³/mol. The molecule has 0 amide bonds. The molecule has 0 heterocycles. The number of nitrogens with one attached hydrogen (secondary N) is 1. The van der Waals surface area contributed by atoms with Crippen molar-refractivity contribution in [3.63, 3.8) is 0 Å². The van der Waals surface area contributed by atoms with Gasteiger partial charge in [-0.05, 0) is 31.2 Å². The monoisotopic (exact) mass is 275 g/mol. The maximum Gasteiger partial charge on any atom is 0.127 e. The van der Waals surface area contributed by atoms with Crippen LogP contribution in [0.2, 0.25) is 0 Å². The van der Waals surface area contributed by atoms with Crippen molar-refractivity contribution in [1.29, 1.82) is 0 Å². The highest BCUT2D eigenvalue weighted by atomic mass is 79.9. The van der Waals surface area contributed by atoms with Crippen LogP contribution in [0.25, 0.3) is 0 Å². The van der Waals surface area contributed by atoms with E-state index in [1.165, 1.54) is 6.07 Å². The van der Waals surface area contributed by atoms with E-state index < -0.39 is 0 Å². The van der Waals surface area contributed by atoms with Crippen LogP contribution in [0.4, 0.5) is 4.39 Å². The van der Waals surface area contributed by atoms with Gasteiger partial charge in [-0.15, -0.1) is 0 Å². The van der Waals surface area contributed by atoms with Gasteiger partial charge in [0.15, 0.2) is 0 Å². The first-order valence-electron chi connectivity index (χ1n) is 4.77. The topological polar surface area (TPSA) is 21.3 Å². The molecule has 0 radical (unpaired) electrons. The summed E-state index contributed by atoms with van der Waals surface area (Å²) in [5.41, 5.74) is 0.703. The summed E-state index contributed by atoms with van der Waals surface area (Å²) in [5, 5.41) is 3.09. The van der Waals surface area contributed by atoms with Gasteiger partial charge in [-0.1, -0.05) is 22.0 Å². The van der Waals surface area contributed by atoms with Gasteiger partial charge in [0.25, 0.3) is 0 Å². The van der Waals surface area contributed by atoms with Crippen LogP contribution in [-0.2, 0) is 11.2 Å². The second-order valence-electron chi connectivity index (χ2n) is 3.38. The minimum Gasteiger partial charge on any atom is -0.383 e. The summed E-state index contributed by atoms with van der Waals surface area (Å²) >= 11 is 3.23. The molecule has 0 aliphatic carbocycles. The molecule has 1 aromatic carbocycles. The van der Waals surface area contributed by atoms with Crippen molar-refractivity contribution < 1.29 is 9.13 Å². The van der Waals surface area contributed by atoms with Crippen LogP contribution < -0.4 is 5.32 Å². The Morgan fingerprint density at radius 2 is 2.27 bits per heavy atom. The maximum atomic E-state index is 13.5. The van der Waals surface area contributed by atoms with Crippen LogP contribution in [-0.4, -0.2) is 26.8 Å². The summed E-state index contributed by atoms with van der Waals surface area (Å²) in [5.74, 6) is -0.180. The molecule has 1 unspecified atom stereocenters. The van der Waals surface area contributed by atoms with Gasteiger partial charge in [0, 0.05) is 17.6 Å². The molecule has 1 rings (SSSR count). The molecule has 1 atom stereocenters. The van der Waals surface area contributed by atoms with E-state index in [-0.39, 0.29) is 11.9 Å². The molecule has 4 heteroatoms. The highest BCUT2D eigenvalue weighted by molar-refractivity contribution is 9.10. The van der Waals surface area contributed by atoms with Gasteiger partial charge in [0.2, 0.25) is 0 Å². The third-order valence-electron chi connectivity index (χ3n) is 2.26. The third-order valence-corrected chi connectivity index (χ3v) is 2.75. The summed E-state index contributed by atoms with van der Waals surface area (Å²) in [4.78, 5) is 0. The summed E-state index contributed by atoms with van der Waals surface area (Å²) in [6, 6.07) is 5.26. The molecule has 1 aromatic rings. The van der Waals surface area contributed by atoms with Gasteiger partial charge >= 0.3 is 0 Å². The van der Waals surface area contributed by atoms with Gasteiger partial charge in [-0.25, -0.2) is 4.39 Å². The molecule has 1 N–H and O–H groups in total. The smallest absolute Gasteiger partial charge is 0.127 e. The van der Waals surface area contributed by atoms with E-state index in [1.807, 2.05) is 13.1 Å². The van der Waals surface area contributed by atoms with Crippen LogP contribution in [0, 0.1) is 5.82 Å². The SMILES string of the molecule is CNC(COC)Cc1ccc(Br)cc1F. The Labute approximate surface area is 98.0 Å². The van der Waals surface area contributed by atoms with Crippen LogP contribution in [0.3, 0.4) is 0 Å². The van der Waals surface area contributed by atoms with E-state index in [9.17, 15) is 4.39 Å². The van der Waals surface area contributed by atoms with Crippen LogP contribution in [0.5, 0.6) is 0 Å². The van der Waals surface area contributed by atoms with E-state index in [0.29, 0.717) is 18.6 Å². The Bertz CT molecular complexity index is 319. The van der Waals surface area contributed by atoms with Gasteiger partial charge in [-0.2, -0.15) is 0 Å². The molecule has 0 fully saturated rings. The fourth-order valence-electron chi connectivity index (χ4n) is 1.40. The van der Waals surface area contributed by atoms with Crippen molar-refractivity contribution in [1.82, 2.24) is 5.32 Å². The molecule has 0 aliphatic rings. The average Bonchev–Trinajstić information content (AvgIpc) is 2.21. The second kappa shape index (κ2) is 6.20. The molecule has 0 bridgehead atoms. The summed E-state index contributed by atoms with van der Waals surface area (Å²) in [6.07, 6.45) is 0.628. The molecule has 0 aromatic heterocycles. The zero-order chi connectivity index (χ0) is 11.3. The zero-order valence-electron chi connectivity index (χ0n) is 8.89. The van der Waals surface area contributed by atoms with Gasteiger partial charge in [-0.3, -0.25) is 0 Å². The number of hydrogen-bond acceptors (Lipinski definition) is 2. The predicted octanol–water partition coefficient (Wildman–Crippen LogP) is 2.37. The van der Waals surface area contributed by atoms with Crippen LogP contribution >= 0.6 is 15.9 Å². The molecule has 0 spiro atoms. The summed E-state index contributed by atoms with van der Waals surface area (Å²) in [6.45, 7) is 0.575. The van der Waals surface area contributed by atoms with Crippen molar-refractivity contribution in [3.05, 3.63) is 34.1 Å². The molecule has 0 saturated carbocycles. The number of benzene rings is 1. The minimum absolute atomic E-state index is 0.144. The van der Waals surface area contributed by atoms with E-state index in [0.717, 1.165) is 4.47 Å². The van der Waals surface area contributed by atoms with E-state index in [4.69, 9.17) is 4.74 Å². The molecule has 0 saturated heterocycles. The maximum absolute atomic E-state index is 13.5. The van der Waals surface area contributed by atoms with E-state index >= 15 is 0 Å². The Morgan fingerprint density at radius 1 is 1.53 bits per heavy atom. The summed E-state index contributed by atoms with van der Waals surface area (Å²) in [7, 11) is 3.49. The normalized spacial score (nSPS) is 12.8. The number of methoxy groups -OCH3 is 1. The largest absolute Gasteiger partial charge is 0.383 e. The minimum atomic E-state index is -0.180. The van der Waals surface area contributed by atoms with Crippen molar-refractivity contribution in [2.24, 2.45) is 0 Å². The number of hydrogen-bond donors (Lipinski definition) is 1. The molecule has 15 heavy (non-hydrogen) atoms. The zero-order valence-corrected chi connectivity index (χ0v) is 10.5. The number of ether oxygens (including phenoxy) is 1. The fraction of sp³-hybridized carbons (Fsp3) is 0.455. The Balaban J connectivity index is 2.70. The van der Waals surface area contributed by atoms with Gasteiger partial charge in [0.1, 0.15) is 5.82 Å². The molecule has 0 aliphatic heterocycles. The van der Waals surface area contributed by atoms with E-state index in [1.54, 1.807) is 13.2 Å². The standard InChI is InChI=1S/C11H15BrFNO/c1-14-10(7-15-2)5-8-3-4-9(12)6-11(8)13/h3-4,6,10,14H,5,7H2,1-2H3. The number of likely N-dealkylation sites (N-methyl/N-ethyl adjacent to an activating group) is 1. The molecule has 84 valence electrons. The van der Waals surface area contributed by atoms with E-state index in [2.05, 4.69) is 21.2 Å². The van der Waals surface area contributed by atoms with Crippen molar-refractivity contribution >= 4 is 15.9 Å². The average molecular weight is 276 g/mol. The second-order valence-corrected chi connectivity index (χ2v) is 4.30. The van der Waals surface area contributed by atoms with Crippen LogP contribution in [0.1, 0.15) is 5.56 Å². The van der Waals surface area contributed by atoms with Crippen molar-refractivity contribution in [2.75, 3.05) is 20.8 Å². The lowest BCUT2D eigenvalue weighted by Gasteiger charge is -2.15. The van der Waals surface area contributed by atoms with Gasteiger partial charge < -0.3 is 10.1 Å². The lowest BCUT2D eigenvalue weighted by Crippen LogP contribution is -2.32. The fourth-order valence-corrected chi connectivity index (χ4v) is 1.73. The lowest BCUT2D eigenvalue weighted by molar-refractivity contribution is 0.169. The molecular weight excluding hydrogens is 261 g/mol. The Kier molecular flexibility index (Phi) is 5.22. The number of rotatable bonds is 5. The molecular formula is C11H15BrFNO. The van der Waals surface area contributed by atoms with Crippen molar-refractivity contribution in [3.8, 4) is 0 Å². The highest BCUT2D eigenvalue weighted by Gasteiger charge is 2.10. The quantitative estimate of drug-likeness (QED) is 0.891. The summed E-state index contributed by atoms with van der Waals surface area (Å²) < 4.78 is 19.3. The Morgan fingerprint density at radius 3 is 2.80 bits per heavy atom. The highest BCUT2D eigenvalue weighted by Crippen LogP contribution is 2.16. The van der Waals surface area contributed by atoms with Crippen LogP contribution in [0.15, 0.2) is 22.7 Å². The lowest BCUT2D eigenvalue weighted by atomic mass is 10.1. The molecule has 2 nitrogen and oxygen atoms in total. The van der Waals surface area contributed by atoms with Crippen molar-refractivity contribution in [2.45, 2.75) is 12.5 Å².